The van der Waals surface area contributed by atoms with E-state index in [0.29, 0.717) is 17.8 Å². The summed E-state index contributed by atoms with van der Waals surface area (Å²) >= 11 is 0. The Morgan fingerprint density at radius 3 is 1.01 bits per heavy atom. The molecule has 0 spiro atoms. The van der Waals surface area contributed by atoms with Gasteiger partial charge in [0.25, 0.3) is 0 Å². The third kappa shape index (κ3) is 21.5. The number of hydrogen-bond donors (Lipinski definition) is 0. The Balaban J connectivity index is -0.000000953. The Bertz CT molecular complexity index is 1710. The van der Waals surface area contributed by atoms with Crippen LogP contribution in [0, 0.1) is 87.3 Å². The van der Waals surface area contributed by atoms with Crippen LogP contribution in [0.2, 0.25) is 0 Å². The van der Waals surface area contributed by atoms with E-state index in [-0.39, 0.29) is 107 Å². The van der Waals surface area contributed by atoms with Crippen molar-refractivity contribution in [3.63, 3.8) is 0 Å². The summed E-state index contributed by atoms with van der Waals surface area (Å²) in [4.78, 5) is 36.4. The van der Waals surface area contributed by atoms with Gasteiger partial charge in [0.05, 0.1) is 36.0 Å². The maximum absolute atomic E-state index is 13.7. The Labute approximate surface area is 420 Å². The first-order valence-corrected chi connectivity index (χ1v) is 24.2. The second kappa shape index (κ2) is 36.4. The Kier molecular flexibility index (Phi) is 36.2. The molecule has 0 radical (unpaired) electrons. The fourth-order valence-corrected chi connectivity index (χ4v) is 10.4. The van der Waals surface area contributed by atoms with Gasteiger partial charge in [-0.3, -0.25) is 14.4 Å². The number of esters is 3. The van der Waals surface area contributed by atoms with Crippen LogP contribution in [0.3, 0.4) is 0 Å². The van der Waals surface area contributed by atoms with E-state index in [0.717, 1.165) is 89.9 Å². The van der Waals surface area contributed by atoms with Crippen molar-refractivity contribution in [3.8, 4) is 18.2 Å². The van der Waals surface area contributed by atoms with Crippen molar-refractivity contribution in [3.05, 3.63) is 37.5 Å². The number of nitriles is 3. The zero-order valence-electron chi connectivity index (χ0n) is 41.3. The van der Waals surface area contributed by atoms with Gasteiger partial charge in [0.15, 0.2) is 0 Å². The summed E-state index contributed by atoms with van der Waals surface area (Å²) < 4.78 is 98.2. The number of nitrogens with zero attached hydrogens (tertiary/aromatic N) is 3. The van der Waals surface area contributed by atoms with E-state index >= 15 is 0 Å². The maximum atomic E-state index is 13.7. The summed E-state index contributed by atoms with van der Waals surface area (Å²) in [6.07, 6.45) is 8.35. The van der Waals surface area contributed by atoms with Gasteiger partial charge < -0.3 is 47.1 Å². The van der Waals surface area contributed by atoms with Gasteiger partial charge in [0.1, 0.15) is 73.1 Å². The highest BCUT2D eigenvalue weighted by Gasteiger charge is 2.44. The molecule has 6 atom stereocenters. The quantitative estimate of drug-likeness (QED) is 0.0915. The molecular formula is C51H81F6N3O12. The Morgan fingerprint density at radius 2 is 0.764 bits per heavy atom. The van der Waals surface area contributed by atoms with Crippen LogP contribution >= 0.6 is 0 Å². The highest BCUT2D eigenvalue weighted by atomic mass is 19.2. The molecule has 0 aromatic rings. The van der Waals surface area contributed by atoms with E-state index < -0.39 is 73.1 Å². The molecule has 0 amide bonds. The minimum Gasteiger partial charge on any atom is -0.462 e. The predicted molar refractivity (Wildman–Crippen MR) is 256 cm³/mol. The van der Waals surface area contributed by atoms with Crippen LogP contribution in [0.4, 0.5) is 26.3 Å². The van der Waals surface area contributed by atoms with Crippen LogP contribution < -0.4 is 0 Å². The van der Waals surface area contributed by atoms with Crippen molar-refractivity contribution in [2.45, 2.75) is 191 Å². The summed E-state index contributed by atoms with van der Waals surface area (Å²) in [5.41, 5.74) is 0. The number of halogens is 6. The van der Waals surface area contributed by atoms with Gasteiger partial charge in [-0.25, -0.2) is 26.3 Å². The van der Waals surface area contributed by atoms with Gasteiger partial charge in [-0.15, -0.1) is 13.2 Å². The first-order chi connectivity index (χ1) is 31.6. The van der Waals surface area contributed by atoms with Crippen molar-refractivity contribution in [2.24, 2.45) is 53.3 Å². The maximum Gasteiger partial charge on any atom is 0.309 e. The van der Waals surface area contributed by atoms with E-state index in [9.17, 15) is 40.7 Å². The summed E-state index contributed by atoms with van der Waals surface area (Å²) in [6, 6.07) is 4.98. The number of allylic oxidation sites excluding steroid dienone is 4. The molecule has 0 aromatic heterocycles. The lowest BCUT2D eigenvalue weighted by Crippen LogP contribution is -2.40. The molecule has 72 heavy (non-hydrogen) atoms. The standard InChI is InChI=1S/C18H25F2NO2.C17H23F2NO2.C16H21F2NO2.6H2O/c1-2-3-4-12-5-7-13(8-6-12)18(22)23-14-9-16(19)15(11-21)17(20)10-14;1-2-3-11-4-6-12(7-5-11)17(21)22-13-8-15(18)14(10-20)16(19)9-13;1-2-10-3-5-11(6-4-10)16(20)21-12-7-14(17)13(9-19)15(18)8-12;;;;;;/h2,12-17H,1,3-10H2;2-3,11-16H,4-9H2,1H3;2,10-15H,1,3-8H2;6*1H2/b;3-2+;;;;;;;. The fraction of sp³-hybridized carbons (Fsp3) is 0.765. The lowest BCUT2D eigenvalue weighted by molar-refractivity contribution is -0.161. The third-order valence-corrected chi connectivity index (χ3v) is 14.5. The van der Waals surface area contributed by atoms with Gasteiger partial charge >= 0.3 is 17.9 Å². The number of ether oxygens (including phenoxy) is 3. The highest BCUT2D eigenvalue weighted by Crippen LogP contribution is 2.38. The number of carbonyl (C=O) groups excluding carboxylic acids is 3. The average molecular weight is 1040 g/mol. The van der Waals surface area contributed by atoms with Crippen molar-refractivity contribution in [2.75, 3.05) is 0 Å². The number of carbonyl (C=O) groups is 3. The molecule has 6 aliphatic carbocycles. The molecule has 6 saturated carbocycles. The first-order valence-electron chi connectivity index (χ1n) is 24.2. The minimum absolute atomic E-state index is 0. The number of hydrogen-bond acceptors (Lipinski definition) is 9. The van der Waals surface area contributed by atoms with Crippen LogP contribution in [0.15, 0.2) is 37.5 Å². The summed E-state index contributed by atoms with van der Waals surface area (Å²) in [6.45, 7) is 9.46. The van der Waals surface area contributed by atoms with Gasteiger partial charge in [-0.05, 0) is 115 Å². The highest BCUT2D eigenvalue weighted by molar-refractivity contribution is 5.73. The van der Waals surface area contributed by atoms with Gasteiger partial charge in [0, 0.05) is 38.5 Å². The van der Waals surface area contributed by atoms with Crippen molar-refractivity contribution in [1.82, 2.24) is 0 Å². The second-order valence-corrected chi connectivity index (χ2v) is 19.2. The summed E-state index contributed by atoms with van der Waals surface area (Å²) in [5.74, 6) is -3.59. The number of alkyl halides is 6. The van der Waals surface area contributed by atoms with Crippen molar-refractivity contribution < 1.29 is 87.8 Å². The van der Waals surface area contributed by atoms with Crippen LogP contribution in [-0.4, -0.2) is 106 Å². The largest absolute Gasteiger partial charge is 0.462 e. The SMILES string of the molecule is C/C=C/C1CCC(C(=O)OC2CC(F)C(C#N)C(F)C2)CC1.C=CC1CCC(C(=O)OC2CC(F)C(C#N)C(F)C2)CC1.C=CCCC1CCC(C(=O)OC2CC(F)C(C#N)C(F)C2)CC1.O.O.O.O.O.O. The molecule has 6 unspecified atom stereocenters. The Hall–Kier alpha value is -4.56. The van der Waals surface area contributed by atoms with Crippen LogP contribution in [-0.2, 0) is 28.6 Å². The van der Waals surface area contributed by atoms with Crippen LogP contribution in [0.25, 0.3) is 0 Å². The second-order valence-electron chi connectivity index (χ2n) is 19.2. The zero-order chi connectivity index (χ0) is 48.3. The molecule has 6 aliphatic rings. The van der Waals surface area contributed by atoms with E-state index in [2.05, 4.69) is 19.2 Å². The molecule has 0 saturated heterocycles. The number of rotatable bonds is 11. The van der Waals surface area contributed by atoms with Crippen molar-refractivity contribution in [1.29, 1.82) is 15.8 Å². The molecule has 0 aromatic carbocycles. The fourth-order valence-electron chi connectivity index (χ4n) is 10.4. The predicted octanol–water partition coefficient (Wildman–Crippen LogP) is 6.72. The van der Waals surface area contributed by atoms with Crippen LogP contribution in [0.5, 0.6) is 0 Å². The molecule has 6 rings (SSSR count). The first kappa shape index (κ1) is 71.7. The molecule has 12 N–H and O–H groups in total. The minimum atomic E-state index is -1.56. The van der Waals surface area contributed by atoms with E-state index in [1.54, 1.807) is 18.2 Å². The smallest absolute Gasteiger partial charge is 0.309 e. The topological polar surface area (TPSA) is 339 Å². The van der Waals surface area contributed by atoms with Gasteiger partial charge in [-0.2, -0.15) is 15.8 Å². The average Bonchev–Trinajstić information content (AvgIpc) is 3.29. The summed E-state index contributed by atoms with van der Waals surface area (Å²) in [7, 11) is 0. The van der Waals surface area contributed by atoms with E-state index in [4.69, 9.17) is 30.0 Å². The summed E-state index contributed by atoms with van der Waals surface area (Å²) in [5, 5.41) is 26.2. The molecule has 0 aliphatic heterocycles. The monoisotopic (exact) mass is 1040 g/mol. The van der Waals surface area contributed by atoms with E-state index in [1.165, 1.54) is 0 Å². The Morgan fingerprint density at radius 1 is 0.486 bits per heavy atom. The molecular weight excluding hydrogens is 961 g/mol. The van der Waals surface area contributed by atoms with Gasteiger partial charge in [0.2, 0.25) is 0 Å². The van der Waals surface area contributed by atoms with Crippen LogP contribution in [0.1, 0.15) is 135 Å². The lowest BCUT2D eigenvalue weighted by Gasteiger charge is -2.33. The third-order valence-electron chi connectivity index (χ3n) is 14.5. The molecule has 0 heterocycles. The lowest BCUT2D eigenvalue weighted by atomic mass is 9.80. The van der Waals surface area contributed by atoms with Gasteiger partial charge in [-0.1, -0.05) is 24.3 Å². The zero-order valence-corrected chi connectivity index (χ0v) is 41.3. The molecule has 0 bridgehead atoms. The molecule has 15 nitrogen and oxygen atoms in total. The molecule has 6 fully saturated rings. The normalized spacial score (nSPS) is 35.7. The van der Waals surface area contributed by atoms with Crippen molar-refractivity contribution >= 4 is 17.9 Å². The molecule has 414 valence electrons. The van der Waals surface area contributed by atoms with E-state index in [1.807, 2.05) is 25.2 Å². The molecule has 21 heteroatoms.